The Kier molecular flexibility index (Phi) is 13.0. The molecule has 0 saturated heterocycles. The minimum Gasteiger partial charge on any atom is -0.309 e. The van der Waals surface area contributed by atoms with Crippen molar-refractivity contribution in [3.63, 3.8) is 0 Å². The Morgan fingerprint density at radius 1 is 0.202 bits per heavy atom. The monoisotopic (exact) mass is 1190 g/mol. The van der Waals surface area contributed by atoms with Gasteiger partial charge < -0.3 is 9.80 Å². The van der Waals surface area contributed by atoms with E-state index < -0.39 is 10.8 Å². The minimum atomic E-state index is -0.700. The third kappa shape index (κ3) is 8.29. The van der Waals surface area contributed by atoms with Crippen LogP contribution in [-0.2, 0) is 10.8 Å². The van der Waals surface area contributed by atoms with Crippen molar-refractivity contribution >= 4 is 66.4 Å². The second-order valence-electron chi connectivity index (χ2n) is 24.9. The summed E-state index contributed by atoms with van der Waals surface area (Å²) in [5.74, 6) is 0. The lowest BCUT2D eigenvalue weighted by Crippen LogP contribution is -2.38. The van der Waals surface area contributed by atoms with Crippen LogP contribution >= 0.6 is 0 Å². The third-order valence-corrected chi connectivity index (χ3v) is 20.1. The average Bonchev–Trinajstić information content (AvgIpc) is 0.731. The molecule has 440 valence electrons. The van der Waals surface area contributed by atoms with Crippen molar-refractivity contribution < 1.29 is 0 Å². The van der Waals surface area contributed by atoms with Crippen LogP contribution in [0.5, 0.6) is 0 Å². The highest BCUT2D eigenvalue weighted by Crippen LogP contribution is 2.63. The standard InChI is InChI=1S/C92H62N2/c1-8-32-63(33-9-1)79-61-65(60-64-34-22-23-47-72(64)79)88-75-50-28-48-73(77-52-30-56-84-89(77)93(70-43-18-6-19-44-70)86-58-26-24-54-82(86)91(84,66-35-10-2-11-36-66)67-37-12-3-13-38-67)80(75)62-81-74(49-29-51-76(81)88)78-53-31-57-85-90(78)94(71-45-20-7-21-46-71)87-59-27-25-55-83(87)92(85,68-39-14-4-15-40-68)69-41-16-5-17-42-69/h1-62H. The highest BCUT2D eigenvalue weighted by molar-refractivity contribution is 6.21. The molecule has 2 aliphatic rings. The van der Waals surface area contributed by atoms with E-state index in [1.54, 1.807) is 0 Å². The van der Waals surface area contributed by atoms with Crippen molar-refractivity contribution in [3.8, 4) is 44.5 Å². The zero-order chi connectivity index (χ0) is 62.2. The van der Waals surface area contributed by atoms with Crippen molar-refractivity contribution in [2.24, 2.45) is 0 Å². The van der Waals surface area contributed by atoms with Gasteiger partial charge in [0, 0.05) is 22.5 Å². The molecule has 0 aromatic heterocycles. The molecule has 0 unspecified atom stereocenters. The number of hydrogen-bond donors (Lipinski definition) is 0. The molecule has 2 heteroatoms. The molecular weight excluding hydrogens is 1130 g/mol. The molecule has 0 amide bonds. The van der Waals surface area contributed by atoms with Gasteiger partial charge in [-0.2, -0.15) is 0 Å². The zero-order valence-corrected chi connectivity index (χ0v) is 51.7. The molecule has 0 N–H and O–H groups in total. The van der Waals surface area contributed by atoms with Crippen molar-refractivity contribution in [1.29, 1.82) is 0 Å². The number of fused-ring (bicyclic) bond motifs is 7. The average molecular weight is 1200 g/mol. The summed E-state index contributed by atoms with van der Waals surface area (Å²) in [6.45, 7) is 0. The predicted molar refractivity (Wildman–Crippen MR) is 394 cm³/mol. The molecule has 0 saturated carbocycles. The van der Waals surface area contributed by atoms with Crippen LogP contribution in [0, 0.1) is 0 Å². The van der Waals surface area contributed by atoms with E-state index in [0.717, 1.165) is 72.7 Å². The van der Waals surface area contributed by atoms with E-state index in [-0.39, 0.29) is 0 Å². The molecule has 0 fully saturated rings. The van der Waals surface area contributed by atoms with Crippen molar-refractivity contribution in [2.75, 3.05) is 9.80 Å². The molecule has 0 atom stereocenters. The lowest BCUT2D eigenvalue weighted by molar-refractivity contribution is 0.731. The molecular formula is C92H62N2. The summed E-state index contributed by atoms with van der Waals surface area (Å²) in [4.78, 5) is 5.09. The fourth-order valence-corrected chi connectivity index (χ4v) is 16.4. The topological polar surface area (TPSA) is 6.48 Å². The molecule has 94 heavy (non-hydrogen) atoms. The minimum absolute atomic E-state index is 0.700. The van der Waals surface area contributed by atoms with E-state index in [1.807, 2.05) is 0 Å². The molecule has 2 aliphatic heterocycles. The first-order valence-electron chi connectivity index (χ1n) is 32.7. The maximum atomic E-state index is 2.55. The van der Waals surface area contributed by atoms with Crippen LogP contribution in [-0.4, -0.2) is 0 Å². The van der Waals surface area contributed by atoms with Crippen LogP contribution in [0.2, 0.25) is 0 Å². The van der Waals surface area contributed by atoms with Gasteiger partial charge in [-0.15, -0.1) is 0 Å². The van der Waals surface area contributed by atoms with E-state index in [1.165, 1.54) is 82.7 Å². The van der Waals surface area contributed by atoms with E-state index in [2.05, 4.69) is 386 Å². The fraction of sp³-hybridized carbons (Fsp3) is 0.0217. The first-order valence-corrected chi connectivity index (χ1v) is 32.7. The Labute approximate surface area is 548 Å². The Balaban J connectivity index is 0.995. The van der Waals surface area contributed by atoms with Crippen molar-refractivity contribution in [3.05, 3.63) is 421 Å². The molecule has 0 aliphatic carbocycles. The second kappa shape index (κ2) is 22.4. The van der Waals surface area contributed by atoms with Crippen LogP contribution < -0.4 is 9.80 Å². The maximum Gasteiger partial charge on any atom is 0.0742 e. The van der Waals surface area contributed by atoms with Crippen molar-refractivity contribution in [1.82, 2.24) is 0 Å². The van der Waals surface area contributed by atoms with Crippen LogP contribution in [0.4, 0.5) is 34.1 Å². The Morgan fingerprint density at radius 3 is 0.989 bits per heavy atom. The first kappa shape index (κ1) is 54.8. The van der Waals surface area contributed by atoms with Gasteiger partial charge in [-0.3, -0.25) is 0 Å². The van der Waals surface area contributed by atoms with Crippen molar-refractivity contribution in [2.45, 2.75) is 10.8 Å². The number of hydrogen-bond acceptors (Lipinski definition) is 2. The summed E-state index contributed by atoms with van der Waals surface area (Å²) in [6, 6.07) is 141. The van der Waals surface area contributed by atoms with Crippen LogP contribution in [0.25, 0.3) is 76.8 Å². The second-order valence-corrected chi connectivity index (χ2v) is 24.9. The summed E-state index contributed by atoms with van der Waals surface area (Å²) in [7, 11) is 0. The molecule has 2 heterocycles. The van der Waals surface area contributed by atoms with Gasteiger partial charge in [-0.25, -0.2) is 0 Å². The number of para-hydroxylation sites is 6. The highest BCUT2D eigenvalue weighted by Gasteiger charge is 2.49. The quantitative estimate of drug-likeness (QED) is 0.126. The Bertz CT molecular complexity index is 5170. The molecule has 0 radical (unpaired) electrons. The molecule has 18 rings (SSSR count). The Morgan fingerprint density at radius 2 is 0.543 bits per heavy atom. The smallest absolute Gasteiger partial charge is 0.0742 e. The van der Waals surface area contributed by atoms with E-state index in [9.17, 15) is 0 Å². The summed E-state index contributed by atoms with van der Waals surface area (Å²) < 4.78 is 0. The molecule has 16 aromatic carbocycles. The van der Waals surface area contributed by atoms with Crippen LogP contribution in [0.3, 0.4) is 0 Å². The zero-order valence-electron chi connectivity index (χ0n) is 51.7. The van der Waals surface area contributed by atoms with E-state index >= 15 is 0 Å². The third-order valence-electron chi connectivity index (χ3n) is 20.1. The van der Waals surface area contributed by atoms with Crippen LogP contribution in [0.15, 0.2) is 376 Å². The fourth-order valence-electron chi connectivity index (χ4n) is 16.4. The lowest BCUT2D eigenvalue weighted by atomic mass is 9.62. The lowest BCUT2D eigenvalue weighted by Gasteiger charge is -2.47. The number of rotatable bonds is 10. The van der Waals surface area contributed by atoms with Gasteiger partial charge in [0.2, 0.25) is 0 Å². The van der Waals surface area contributed by atoms with Gasteiger partial charge in [0.25, 0.3) is 0 Å². The van der Waals surface area contributed by atoms with Gasteiger partial charge in [-0.1, -0.05) is 322 Å². The summed E-state index contributed by atoms with van der Waals surface area (Å²) in [6.07, 6.45) is 0. The Hall–Kier alpha value is -12.1. The molecule has 0 spiro atoms. The summed E-state index contributed by atoms with van der Waals surface area (Å²) in [5.41, 5.74) is 24.4. The normalized spacial score (nSPS) is 13.4. The first-order chi connectivity index (χ1) is 46.7. The highest BCUT2D eigenvalue weighted by atomic mass is 15.2. The predicted octanol–water partition coefficient (Wildman–Crippen LogP) is 24.1. The van der Waals surface area contributed by atoms with Gasteiger partial charge in [-0.05, 0) is 165 Å². The largest absolute Gasteiger partial charge is 0.309 e. The number of benzene rings is 16. The molecule has 0 bridgehead atoms. The van der Waals surface area contributed by atoms with E-state index in [4.69, 9.17) is 0 Å². The summed E-state index contributed by atoms with van der Waals surface area (Å²) in [5, 5.41) is 7.09. The maximum absolute atomic E-state index is 2.55. The SMILES string of the molecule is c1ccc(-c2cc(-c3c4cccc(-c5cccc6c5N(c5ccccc5)c5ccccc5C6(c5ccccc5)c5ccccc5)c4cc4c(-c5cccc6c5N(c5ccccc5)c5ccccc5C6(c5ccccc5)c5ccccc5)cccc34)cc3ccccc23)cc1. The number of nitrogens with zero attached hydrogens (tertiary/aromatic N) is 2. The van der Waals surface area contributed by atoms with Gasteiger partial charge >= 0.3 is 0 Å². The number of anilines is 6. The summed E-state index contributed by atoms with van der Waals surface area (Å²) >= 11 is 0. The van der Waals surface area contributed by atoms with E-state index in [0.29, 0.717) is 0 Å². The van der Waals surface area contributed by atoms with Gasteiger partial charge in [0.15, 0.2) is 0 Å². The van der Waals surface area contributed by atoms with Gasteiger partial charge in [0.1, 0.15) is 0 Å². The van der Waals surface area contributed by atoms with Crippen LogP contribution in [0.1, 0.15) is 44.5 Å². The molecule has 16 aromatic rings. The van der Waals surface area contributed by atoms with Gasteiger partial charge in [0.05, 0.1) is 33.6 Å². The molecule has 2 nitrogen and oxygen atoms in total.